The minimum Gasteiger partial charge on any atom is -0.505 e. The third kappa shape index (κ3) is 6.34. The van der Waals surface area contributed by atoms with Crippen LogP contribution in [0.2, 0.25) is 0 Å². The first-order chi connectivity index (χ1) is 18.8. The van der Waals surface area contributed by atoms with Gasteiger partial charge in [-0.15, -0.1) is 10.2 Å². The van der Waals surface area contributed by atoms with E-state index in [1.54, 1.807) is 0 Å². The number of azo groups is 1. The van der Waals surface area contributed by atoms with E-state index >= 15 is 0 Å². The molecule has 0 aliphatic rings. The van der Waals surface area contributed by atoms with E-state index in [9.17, 15) is 48.4 Å². The van der Waals surface area contributed by atoms with Crippen molar-refractivity contribution >= 4 is 70.1 Å². The lowest BCUT2D eigenvalue weighted by molar-refractivity contribution is 0.472. The van der Waals surface area contributed by atoms with Gasteiger partial charge >= 0.3 is 6.08 Å². The van der Waals surface area contributed by atoms with Crippen molar-refractivity contribution in [2.75, 3.05) is 11.1 Å². The Morgan fingerprint density at radius 2 is 1.46 bits per heavy atom. The molecular formula is C20H16FN7O10S3. The Morgan fingerprint density at radius 3 is 2.05 bits per heavy atom. The van der Waals surface area contributed by atoms with Crippen LogP contribution in [-0.2, 0) is 30.4 Å². The molecule has 3 aromatic carbocycles. The van der Waals surface area contributed by atoms with Gasteiger partial charge in [0.1, 0.15) is 21.2 Å². The van der Waals surface area contributed by atoms with Crippen LogP contribution in [0.15, 0.2) is 61.3 Å². The maximum absolute atomic E-state index is 13.4. The number of hydrogen-bond acceptors (Lipinski definition) is 14. The first-order valence-corrected chi connectivity index (χ1v) is 14.9. The van der Waals surface area contributed by atoms with Crippen molar-refractivity contribution in [2.45, 2.75) is 21.6 Å². The van der Waals surface area contributed by atoms with Gasteiger partial charge in [-0.3, -0.25) is 13.7 Å². The van der Waals surface area contributed by atoms with E-state index in [0.29, 0.717) is 12.1 Å². The molecule has 0 saturated heterocycles. The van der Waals surface area contributed by atoms with Gasteiger partial charge in [0.25, 0.3) is 30.4 Å². The molecule has 1 heterocycles. The van der Waals surface area contributed by atoms with Gasteiger partial charge < -0.3 is 16.2 Å². The summed E-state index contributed by atoms with van der Waals surface area (Å²) in [6.45, 7) is 1.11. The molecule has 0 unspecified atom stereocenters. The van der Waals surface area contributed by atoms with E-state index in [1.165, 1.54) is 18.2 Å². The minimum atomic E-state index is -5.15. The lowest BCUT2D eigenvalue weighted by Gasteiger charge is -2.11. The summed E-state index contributed by atoms with van der Waals surface area (Å²) >= 11 is 0. The molecule has 216 valence electrons. The minimum absolute atomic E-state index is 0.0239. The molecule has 0 spiro atoms. The second kappa shape index (κ2) is 10.2. The number of aryl methyl sites for hydroxylation is 1. The van der Waals surface area contributed by atoms with Crippen LogP contribution in [0.4, 0.5) is 33.3 Å². The number of nitrogens with two attached hydrogens (primary N) is 1. The molecule has 0 radical (unpaired) electrons. The Bertz CT molecular complexity index is 2090. The highest BCUT2D eigenvalue weighted by atomic mass is 32.2. The number of nitrogens with one attached hydrogen (secondary N) is 1. The molecule has 21 heteroatoms. The first kappa shape index (κ1) is 29.6. The molecule has 0 aliphatic carbocycles. The highest BCUT2D eigenvalue weighted by Gasteiger charge is 2.25. The zero-order valence-corrected chi connectivity index (χ0v) is 22.6. The second-order valence-corrected chi connectivity index (χ2v) is 12.3. The summed E-state index contributed by atoms with van der Waals surface area (Å²) in [4.78, 5) is 7.46. The monoisotopic (exact) mass is 629 g/mol. The number of hydrogen-bond donors (Lipinski definition) is 6. The zero-order valence-electron chi connectivity index (χ0n) is 20.1. The number of anilines is 3. The molecule has 0 aliphatic heterocycles. The van der Waals surface area contributed by atoms with Gasteiger partial charge in [-0.2, -0.15) is 44.6 Å². The number of aromatic nitrogens is 3. The number of benzene rings is 3. The van der Waals surface area contributed by atoms with Crippen LogP contribution in [0.25, 0.3) is 10.8 Å². The molecule has 0 amide bonds. The van der Waals surface area contributed by atoms with Crippen LogP contribution in [-0.4, -0.2) is 59.0 Å². The van der Waals surface area contributed by atoms with E-state index < -0.39 is 74.2 Å². The van der Waals surface area contributed by atoms with Gasteiger partial charge in [-0.25, -0.2) is 0 Å². The maximum Gasteiger partial charge on any atom is 0.315 e. The smallest absolute Gasteiger partial charge is 0.315 e. The van der Waals surface area contributed by atoms with Gasteiger partial charge in [0.2, 0.25) is 11.9 Å². The molecule has 0 atom stereocenters. The number of phenolic OH excluding ortho intramolecular Hbond substituents is 1. The van der Waals surface area contributed by atoms with Crippen molar-refractivity contribution in [3.8, 4) is 5.75 Å². The molecule has 0 bridgehead atoms. The van der Waals surface area contributed by atoms with Gasteiger partial charge in [-0.1, -0.05) is 0 Å². The van der Waals surface area contributed by atoms with Crippen LogP contribution in [0.5, 0.6) is 5.75 Å². The Labute approximate surface area is 229 Å². The van der Waals surface area contributed by atoms with Gasteiger partial charge in [0.15, 0.2) is 5.75 Å². The predicted molar refractivity (Wildman–Crippen MR) is 138 cm³/mol. The Morgan fingerprint density at radius 1 is 0.829 bits per heavy atom. The summed E-state index contributed by atoms with van der Waals surface area (Å²) in [5.74, 6) is -1.62. The highest BCUT2D eigenvalue weighted by Crippen LogP contribution is 2.43. The van der Waals surface area contributed by atoms with E-state index in [0.717, 1.165) is 13.0 Å². The number of fused-ring (bicyclic) bond motifs is 1. The SMILES string of the molecule is Cc1cc(S(=O)(=O)O)c(N=Nc2c(S(=O)(=O)O)cc3cc(Nc4nc(N)nc(F)n4)ccc3c2O)cc1S(=O)(=O)O. The fourth-order valence-corrected chi connectivity index (χ4v) is 5.66. The highest BCUT2D eigenvalue weighted by molar-refractivity contribution is 7.86. The summed E-state index contributed by atoms with van der Waals surface area (Å²) in [6.07, 6.45) is -1.18. The van der Waals surface area contributed by atoms with Gasteiger partial charge in [0.05, 0.1) is 4.90 Å². The first-order valence-electron chi connectivity index (χ1n) is 10.6. The summed E-state index contributed by atoms with van der Waals surface area (Å²) in [5, 5.41) is 20.3. The third-order valence-electron chi connectivity index (χ3n) is 5.28. The predicted octanol–water partition coefficient (Wildman–Crippen LogP) is 2.66. The van der Waals surface area contributed by atoms with E-state index in [4.69, 9.17) is 5.73 Å². The molecular weight excluding hydrogens is 613 g/mol. The molecule has 0 fully saturated rings. The molecule has 4 aromatic rings. The van der Waals surface area contributed by atoms with Gasteiger partial charge in [0, 0.05) is 11.1 Å². The van der Waals surface area contributed by atoms with Crippen LogP contribution < -0.4 is 11.1 Å². The molecule has 41 heavy (non-hydrogen) atoms. The Balaban J connectivity index is 1.90. The number of halogens is 1. The van der Waals surface area contributed by atoms with Crippen molar-refractivity contribution < 1.29 is 48.4 Å². The number of phenols is 1. The summed E-state index contributed by atoms with van der Waals surface area (Å²) in [5.41, 5.74) is 3.46. The summed E-state index contributed by atoms with van der Waals surface area (Å²) < 4.78 is 114. The zero-order chi connectivity index (χ0) is 30.5. The van der Waals surface area contributed by atoms with Crippen LogP contribution in [0.1, 0.15) is 5.56 Å². The summed E-state index contributed by atoms with van der Waals surface area (Å²) in [6, 6.07) is 5.87. The lowest BCUT2D eigenvalue weighted by Crippen LogP contribution is -2.05. The van der Waals surface area contributed by atoms with Crippen molar-refractivity contribution in [2.24, 2.45) is 10.2 Å². The Kier molecular flexibility index (Phi) is 7.36. The van der Waals surface area contributed by atoms with Crippen molar-refractivity contribution in [1.82, 2.24) is 15.0 Å². The van der Waals surface area contributed by atoms with Crippen LogP contribution >= 0.6 is 0 Å². The topological polar surface area (TPSA) is 285 Å². The largest absolute Gasteiger partial charge is 0.505 e. The Hall–Kier alpha value is -4.41. The van der Waals surface area contributed by atoms with E-state index in [-0.39, 0.29) is 28.0 Å². The van der Waals surface area contributed by atoms with Gasteiger partial charge in [-0.05, 0) is 54.3 Å². The lowest BCUT2D eigenvalue weighted by atomic mass is 10.1. The summed E-state index contributed by atoms with van der Waals surface area (Å²) in [7, 11) is -15.1. The number of rotatable bonds is 7. The molecule has 17 nitrogen and oxygen atoms in total. The van der Waals surface area contributed by atoms with Crippen molar-refractivity contribution in [1.29, 1.82) is 0 Å². The third-order valence-corrected chi connectivity index (χ3v) is 8.03. The number of nitrogens with zero attached hydrogens (tertiary/aromatic N) is 5. The fraction of sp³-hybridized carbons (Fsp3) is 0.0500. The molecule has 7 N–H and O–H groups in total. The van der Waals surface area contributed by atoms with Crippen LogP contribution in [0.3, 0.4) is 0 Å². The average molecular weight is 630 g/mol. The fourth-order valence-electron chi connectivity index (χ4n) is 3.59. The van der Waals surface area contributed by atoms with Crippen molar-refractivity contribution in [3.63, 3.8) is 0 Å². The quantitative estimate of drug-likeness (QED) is 0.126. The standard InChI is InChI=1S/C20H16FN7O10S3/c1-8-4-14(40(33,34)35)12(7-13(8)39(30,31)32)27-28-16-15(41(36,37)38)6-9-5-10(2-3-11(9)17(16)29)23-20-25-18(21)24-19(22)26-20/h2-7,29H,1H3,(H,30,31,32)(H,33,34,35)(H,36,37,38)(H3,22,23,24,25,26). The number of aromatic hydroxyl groups is 1. The molecule has 1 aromatic heterocycles. The normalized spacial score (nSPS) is 12.7. The average Bonchev–Trinajstić information content (AvgIpc) is 2.81. The molecule has 4 rings (SSSR count). The second-order valence-electron chi connectivity index (χ2n) is 8.13. The van der Waals surface area contributed by atoms with Crippen LogP contribution in [0, 0.1) is 13.0 Å². The van der Waals surface area contributed by atoms with E-state index in [1.807, 2.05) is 0 Å². The maximum atomic E-state index is 13.4. The van der Waals surface area contributed by atoms with E-state index in [2.05, 4.69) is 30.5 Å². The van der Waals surface area contributed by atoms with Crippen molar-refractivity contribution in [3.05, 3.63) is 48.0 Å². The molecule has 0 saturated carbocycles. The number of nitrogen functional groups attached to an aromatic ring is 1.